The van der Waals surface area contributed by atoms with Crippen molar-refractivity contribution < 1.29 is 19.1 Å². The topological polar surface area (TPSA) is 52.6 Å². The summed E-state index contributed by atoms with van der Waals surface area (Å²) in [6, 6.07) is 8.96. The van der Waals surface area contributed by atoms with Crippen LogP contribution in [0.5, 0.6) is 0 Å². The highest BCUT2D eigenvalue weighted by molar-refractivity contribution is 6.04. The number of hydrogen-bond acceptors (Lipinski definition) is 4. The zero-order valence-electron chi connectivity index (χ0n) is 12.4. The lowest BCUT2D eigenvalue weighted by atomic mass is 10.1. The molecule has 0 aliphatic carbocycles. The SMILES string of the molecule is CCOC(=O)CC=C(C=CC(=O)c1ccccc1)OCC. The smallest absolute Gasteiger partial charge is 0.309 e. The zero-order valence-corrected chi connectivity index (χ0v) is 12.4. The van der Waals surface area contributed by atoms with E-state index in [0.717, 1.165) is 0 Å². The lowest BCUT2D eigenvalue weighted by molar-refractivity contribution is -0.142. The van der Waals surface area contributed by atoms with Gasteiger partial charge in [0.2, 0.25) is 0 Å². The maximum absolute atomic E-state index is 11.9. The van der Waals surface area contributed by atoms with Gasteiger partial charge in [0.1, 0.15) is 5.76 Å². The number of allylic oxidation sites excluding steroid dienone is 2. The molecule has 1 aromatic carbocycles. The van der Waals surface area contributed by atoms with Crippen molar-refractivity contribution in [1.82, 2.24) is 0 Å². The number of hydrogen-bond donors (Lipinski definition) is 0. The molecule has 0 aromatic heterocycles. The molecule has 0 N–H and O–H groups in total. The van der Waals surface area contributed by atoms with Gasteiger partial charge < -0.3 is 9.47 Å². The molecular formula is C17H20O4. The summed E-state index contributed by atoms with van der Waals surface area (Å²) >= 11 is 0. The molecule has 0 fully saturated rings. The number of esters is 1. The van der Waals surface area contributed by atoms with Crippen LogP contribution in [0.1, 0.15) is 30.6 Å². The lowest BCUT2D eigenvalue weighted by Crippen LogP contribution is -2.02. The van der Waals surface area contributed by atoms with Crippen LogP contribution in [0, 0.1) is 0 Å². The van der Waals surface area contributed by atoms with Gasteiger partial charge >= 0.3 is 5.97 Å². The molecule has 0 aliphatic rings. The third-order valence-electron chi connectivity index (χ3n) is 2.54. The first kappa shape index (κ1) is 16.7. The fourth-order valence-corrected chi connectivity index (χ4v) is 1.60. The van der Waals surface area contributed by atoms with Crippen molar-refractivity contribution in [3.8, 4) is 0 Å². The van der Waals surface area contributed by atoms with E-state index in [0.29, 0.717) is 24.5 Å². The minimum atomic E-state index is -0.322. The van der Waals surface area contributed by atoms with Gasteiger partial charge in [-0.2, -0.15) is 0 Å². The van der Waals surface area contributed by atoms with Crippen LogP contribution < -0.4 is 0 Å². The number of carbonyl (C=O) groups is 2. The molecule has 0 heterocycles. The third kappa shape index (κ3) is 6.56. The Bertz CT molecular complexity index is 515. The van der Waals surface area contributed by atoms with E-state index < -0.39 is 0 Å². The van der Waals surface area contributed by atoms with Crippen LogP contribution in [0.15, 0.2) is 54.3 Å². The minimum Gasteiger partial charge on any atom is -0.494 e. The molecule has 21 heavy (non-hydrogen) atoms. The Balaban J connectivity index is 2.69. The summed E-state index contributed by atoms with van der Waals surface area (Å²) in [5.74, 6) is 0.0460. The van der Waals surface area contributed by atoms with Crippen molar-refractivity contribution in [2.45, 2.75) is 20.3 Å². The van der Waals surface area contributed by atoms with Crippen molar-refractivity contribution in [3.63, 3.8) is 0 Å². The Morgan fingerprint density at radius 1 is 1.00 bits per heavy atom. The zero-order chi connectivity index (χ0) is 15.5. The summed E-state index contributed by atoms with van der Waals surface area (Å²) in [6.45, 7) is 4.39. The summed E-state index contributed by atoms with van der Waals surface area (Å²) in [7, 11) is 0. The van der Waals surface area contributed by atoms with E-state index in [9.17, 15) is 9.59 Å². The fourth-order valence-electron chi connectivity index (χ4n) is 1.60. The van der Waals surface area contributed by atoms with E-state index in [2.05, 4.69) is 0 Å². The molecule has 0 saturated carbocycles. The number of ketones is 1. The van der Waals surface area contributed by atoms with E-state index in [1.807, 2.05) is 13.0 Å². The molecular weight excluding hydrogens is 268 g/mol. The predicted molar refractivity (Wildman–Crippen MR) is 80.9 cm³/mol. The molecule has 0 radical (unpaired) electrons. The highest BCUT2D eigenvalue weighted by atomic mass is 16.5. The van der Waals surface area contributed by atoms with Gasteiger partial charge in [0.15, 0.2) is 5.78 Å². The molecule has 0 unspecified atom stereocenters. The molecule has 4 nitrogen and oxygen atoms in total. The van der Waals surface area contributed by atoms with Crippen LogP contribution in [0.25, 0.3) is 0 Å². The molecule has 0 spiro atoms. The van der Waals surface area contributed by atoms with Crippen LogP contribution in [0.2, 0.25) is 0 Å². The molecule has 0 atom stereocenters. The second kappa shape index (κ2) is 9.53. The highest BCUT2D eigenvalue weighted by Gasteiger charge is 2.03. The van der Waals surface area contributed by atoms with Crippen molar-refractivity contribution in [2.75, 3.05) is 13.2 Å². The van der Waals surface area contributed by atoms with Crippen molar-refractivity contribution >= 4 is 11.8 Å². The van der Waals surface area contributed by atoms with Crippen LogP contribution in [0.4, 0.5) is 0 Å². The normalized spacial score (nSPS) is 11.4. The van der Waals surface area contributed by atoms with Crippen LogP contribution in [-0.2, 0) is 14.3 Å². The van der Waals surface area contributed by atoms with Gasteiger partial charge in [-0.25, -0.2) is 0 Å². The van der Waals surface area contributed by atoms with Gasteiger partial charge in [-0.3, -0.25) is 9.59 Å². The maximum Gasteiger partial charge on any atom is 0.309 e. The monoisotopic (exact) mass is 288 g/mol. The Labute approximate surface area is 125 Å². The van der Waals surface area contributed by atoms with Gasteiger partial charge in [-0.05, 0) is 32.1 Å². The fraction of sp³-hybridized carbons (Fsp3) is 0.294. The largest absolute Gasteiger partial charge is 0.494 e. The average Bonchev–Trinajstić information content (AvgIpc) is 2.51. The van der Waals surface area contributed by atoms with Crippen LogP contribution in [0.3, 0.4) is 0 Å². The second-order valence-electron chi connectivity index (χ2n) is 4.11. The molecule has 0 amide bonds. The first-order chi connectivity index (χ1) is 10.2. The van der Waals surface area contributed by atoms with E-state index in [-0.39, 0.29) is 18.2 Å². The Kier molecular flexibility index (Phi) is 7.58. The standard InChI is InChI=1S/C17H20O4/c1-3-20-15(11-13-17(19)21-4-2)10-12-16(18)14-8-6-5-7-9-14/h5-12H,3-4,13H2,1-2H3. The summed E-state index contributed by atoms with van der Waals surface area (Å²) < 4.78 is 10.2. The molecule has 1 aromatic rings. The first-order valence-corrected chi connectivity index (χ1v) is 6.93. The number of carbonyl (C=O) groups excluding carboxylic acids is 2. The van der Waals surface area contributed by atoms with E-state index >= 15 is 0 Å². The van der Waals surface area contributed by atoms with Gasteiger partial charge in [0.25, 0.3) is 0 Å². The van der Waals surface area contributed by atoms with E-state index in [4.69, 9.17) is 9.47 Å². The van der Waals surface area contributed by atoms with Crippen LogP contribution in [-0.4, -0.2) is 25.0 Å². The molecule has 4 heteroatoms. The minimum absolute atomic E-state index is 0.114. The number of benzene rings is 1. The number of rotatable bonds is 8. The maximum atomic E-state index is 11.9. The van der Waals surface area contributed by atoms with E-state index in [1.54, 1.807) is 43.3 Å². The van der Waals surface area contributed by atoms with Gasteiger partial charge in [-0.15, -0.1) is 0 Å². The lowest BCUT2D eigenvalue weighted by Gasteiger charge is -2.04. The summed E-state index contributed by atoms with van der Waals surface area (Å²) in [5.41, 5.74) is 0.606. The molecule has 1 rings (SSSR count). The van der Waals surface area contributed by atoms with Crippen molar-refractivity contribution in [2.24, 2.45) is 0 Å². The predicted octanol–water partition coefficient (Wildman–Crippen LogP) is 3.30. The molecule has 0 aliphatic heterocycles. The van der Waals surface area contributed by atoms with Crippen molar-refractivity contribution in [3.05, 3.63) is 59.9 Å². The molecule has 0 saturated heterocycles. The van der Waals surface area contributed by atoms with Gasteiger partial charge in [0.05, 0.1) is 19.6 Å². The van der Waals surface area contributed by atoms with Gasteiger partial charge in [-0.1, -0.05) is 30.3 Å². The Hall–Kier alpha value is -2.36. The quantitative estimate of drug-likeness (QED) is 0.242. The summed E-state index contributed by atoms with van der Waals surface area (Å²) in [6.07, 6.45) is 4.73. The summed E-state index contributed by atoms with van der Waals surface area (Å²) in [5, 5.41) is 0. The van der Waals surface area contributed by atoms with Crippen LogP contribution >= 0.6 is 0 Å². The Morgan fingerprint density at radius 2 is 1.67 bits per heavy atom. The van der Waals surface area contributed by atoms with Crippen molar-refractivity contribution in [1.29, 1.82) is 0 Å². The Morgan fingerprint density at radius 3 is 2.29 bits per heavy atom. The molecule has 112 valence electrons. The third-order valence-corrected chi connectivity index (χ3v) is 2.54. The van der Waals surface area contributed by atoms with Gasteiger partial charge in [0, 0.05) is 5.56 Å². The first-order valence-electron chi connectivity index (χ1n) is 6.93. The number of ether oxygens (including phenoxy) is 2. The summed E-state index contributed by atoms with van der Waals surface area (Å²) in [4.78, 5) is 23.2. The van der Waals surface area contributed by atoms with E-state index in [1.165, 1.54) is 6.08 Å². The molecule has 0 bridgehead atoms. The highest BCUT2D eigenvalue weighted by Crippen LogP contribution is 2.06. The average molecular weight is 288 g/mol. The second-order valence-corrected chi connectivity index (χ2v) is 4.11.